The summed E-state index contributed by atoms with van der Waals surface area (Å²) in [6.45, 7) is 9.79. The number of ketones is 1. The third-order valence-corrected chi connectivity index (χ3v) is 2.01. The van der Waals surface area contributed by atoms with Gasteiger partial charge in [-0.05, 0) is 26.7 Å². The van der Waals surface area contributed by atoms with Crippen LogP contribution in [-0.2, 0) is 0 Å². The second kappa shape index (κ2) is 5.09. The molecular weight excluding hydrogens is 212 g/mol. The van der Waals surface area contributed by atoms with Crippen molar-refractivity contribution >= 4 is 5.78 Å². The summed E-state index contributed by atoms with van der Waals surface area (Å²) in [5.74, 6) is 6.42. The molecule has 0 aliphatic carbocycles. The Bertz CT molecular complexity index is 456. The number of carbonyl (C=O) groups excluding carboxylic acids is 1. The van der Waals surface area contributed by atoms with E-state index in [0.717, 1.165) is 0 Å². The van der Waals surface area contributed by atoms with Crippen molar-refractivity contribution in [1.82, 2.24) is 9.97 Å². The molecule has 0 atom stereocenters. The second-order valence-electron chi connectivity index (χ2n) is 5.31. The summed E-state index contributed by atoms with van der Waals surface area (Å²) < 4.78 is 0. The zero-order valence-electron chi connectivity index (χ0n) is 11.0. The second-order valence-corrected chi connectivity index (χ2v) is 5.31. The number of nitrogens with zero attached hydrogens (tertiary/aromatic N) is 2. The number of hydrogen-bond donors (Lipinski definition) is 0. The van der Waals surface area contributed by atoms with Crippen LogP contribution in [0.4, 0.5) is 0 Å². The molecule has 0 unspecified atom stereocenters. The first-order valence-corrected chi connectivity index (χ1v) is 5.69. The minimum atomic E-state index is -0.0736. The van der Waals surface area contributed by atoms with Crippen LogP contribution < -0.4 is 0 Å². The Kier molecular flexibility index (Phi) is 4.01. The molecule has 0 saturated heterocycles. The van der Waals surface area contributed by atoms with E-state index in [1.807, 2.05) is 34.6 Å². The number of hydrogen-bond acceptors (Lipinski definition) is 3. The van der Waals surface area contributed by atoms with Crippen molar-refractivity contribution in [2.24, 2.45) is 11.3 Å². The molecule has 0 N–H and O–H groups in total. The summed E-state index contributed by atoms with van der Waals surface area (Å²) >= 11 is 0. The number of Topliss-reactive ketones (excluding diaryl/α,β-unsaturated/α-hetero) is 1. The molecule has 0 aromatic carbocycles. The molecule has 17 heavy (non-hydrogen) atoms. The van der Waals surface area contributed by atoms with E-state index in [9.17, 15) is 4.79 Å². The summed E-state index contributed by atoms with van der Waals surface area (Å²) in [4.78, 5) is 19.8. The van der Waals surface area contributed by atoms with Crippen LogP contribution in [0.2, 0.25) is 0 Å². The summed E-state index contributed by atoms with van der Waals surface area (Å²) in [5.41, 5.74) is 0.469. The van der Waals surface area contributed by atoms with E-state index in [4.69, 9.17) is 0 Å². The van der Waals surface area contributed by atoms with Crippen LogP contribution in [-0.4, -0.2) is 15.8 Å². The van der Waals surface area contributed by atoms with E-state index in [1.165, 1.54) is 0 Å². The summed E-state index contributed by atoms with van der Waals surface area (Å²) in [6.07, 6.45) is 3.09. The Morgan fingerprint density at radius 1 is 1.24 bits per heavy atom. The number of carbonyl (C=O) groups is 1. The Balaban J connectivity index is 2.88. The predicted octanol–water partition coefficient (Wildman–Crippen LogP) is 2.71. The van der Waals surface area contributed by atoms with Crippen molar-refractivity contribution in [1.29, 1.82) is 0 Å². The van der Waals surface area contributed by atoms with Crippen LogP contribution in [0, 0.1) is 23.2 Å². The van der Waals surface area contributed by atoms with Crippen LogP contribution >= 0.6 is 0 Å². The van der Waals surface area contributed by atoms with Gasteiger partial charge in [0.1, 0.15) is 0 Å². The quantitative estimate of drug-likeness (QED) is 0.579. The van der Waals surface area contributed by atoms with E-state index >= 15 is 0 Å². The van der Waals surface area contributed by atoms with Crippen LogP contribution in [0.5, 0.6) is 0 Å². The molecule has 1 aromatic rings. The highest BCUT2D eigenvalue weighted by Gasteiger charge is 2.11. The Labute approximate surface area is 103 Å². The van der Waals surface area contributed by atoms with Gasteiger partial charge in [-0.3, -0.25) is 4.79 Å². The Hall–Kier alpha value is -1.69. The fourth-order valence-electron chi connectivity index (χ4n) is 1.10. The Morgan fingerprint density at radius 2 is 1.76 bits per heavy atom. The van der Waals surface area contributed by atoms with Gasteiger partial charge >= 0.3 is 0 Å². The first-order valence-electron chi connectivity index (χ1n) is 5.69. The summed E-state index contributed by atoms with van der Waals surface area (Å²) in [5, 5.41) is 0. The van der Waals surface area contributed by atoms with E-state index in [0.29, 0.717) is 11.4 Å². The van der Waals surface area contributed by atoms with Crippen molar-refractivity contribution in [3.8, 4) is 11.8 Å². The molecular formula is C14H18N2O. The van der Waals surface area contributed by atoms with Gasteiger partial charge in [0.2, 0.25) is 5.82 Å². The summed E-state index contributed by atoms with van der Waals surface area (Å²) in [6, 6.07) is 0. The predicted molar refractivity (Wildman–Crippen MR) is 67.5 cm³/mol. The molecule has 3 heteroatoms. The maximum absolute atomic E-state index is 11.7. The number of rotatable bonds is 2. The van der Waals surface area contributed by atoms with Crippen molar-refractivity contribution in [2.75, 3.05) is 0 Å². The van der Waals surface area contributed by atoms with Gasteiger partial charge in [0.05, 0.1) is 5.56 Å². The molecule has 3 nitrogen and oxygen atoms in total. The van der Waals surface area contributed by atoms with Gasteiger partial charge in [-0.1, -0.05) is 19.8 Å². The monoisotopic (exact) mass is 230 g/mol. The van der Waals surface area contributed by atoms with Crippen LogP contribution in [0.3, 0.4) is 0 Å². The lowest BCUT2D eigenvalue weighted by Crippen LogP contribution is -2.09. The Morgan fingerprint density at radius 3 is 2.18 bits per heavy atom. The molecule has 0 radical (unpaired) electrons. The third-order valence-electron chi connectivity index (χ3n) is 2.01. The molecule has 1 aromatic heterocycles. The molecule has 0 aliphatic heterocycles. The first-order chi connectivity index (χ1) is 7.79. The van der Waals surface area contributed by atoms with Gasteiger partial charge in [-0.15, -0.1) is 0 Å². The average Bonchev–Trinajstić information content (AvgIpc) is 2.25. The van der Waals surface area contributed by atoms with Gasteiger partial charge in [-0.2, -0.15) is 0 Å². The standard InChI is InChI=1S/C14H18N2O/c1-10(2)13(17)11-8-15-12(16-9-11)6-7-14(3,4)5/h8-10H,1-5H3. The first kappa shape index (κ1) is 13.4. The van der Waals surface area contributed by atoms with Crippen LogP contribution in [0.25, 0.3) is 0 Å². The smallest absolute Gasteiger partial charge is 0.204 e. The molecule has 0 saturated carbocycles. The lowest BCUT2D eigenvalue weighted by molar-refractivity contribution is 0.0938. The lowest BCUT2D eigenvalue weighted by Gasteiger charge is -2.06. The molecule has 0 spiro atoms. The molecule has 90 valence electrons. The highest BCUT2D eigenvalue weighted by molar-refractivity contribution is 5.96. The van der Waals surface area contributed by atoms with E-state index in [-0.39, 0.29) is 17.1 Å². The summed E-state index contributed by atoms with van der Waals surface area (Å²) in [7, 11) is 0. The van der Waals surface area contributed by atoms with Gasteiger partial charge < -0.3 is 0 Å². The lowest BCUT2D eigenvalue weighted by atomic mass is 9.98. The molecule has 0 amide bonds. The third kappa shape index (κ3) is 4.36. The van der Waals surface area contributed by atoms with E-state index < -0.39 is 0 Å². The number of aromatic nitrogens is 2. The minimum Gasteiger partial charge on any atom is -0.294 e. The molecule has 1 heterocycles. The zero-order chi connectivity index (χ0) is 13.1. The van der Waals surface area contributed by atoms with Crippen molar-refractivity contribution in [3.05, 3.63) is 23.8 Å². The molecule has 0 fully saturated rings. The van der Waals surface area contributed by atoms with Crippen molar-refractivity contribution in [2.45, 2.75) is 34.6 Å². The van der Waals surface area contributed by atoms with Gasteiger partial charge in [0.15, 0.2) is 5.78 Å². The van der Waals surface area contributed by atoms with Gasteiger partial charge in [-0.25, -0.2) is 9.97 Å². The largest absolute Gasteiger partial charge is 0.294 e. The van der Waals surface area contributed by atoms with Crippen molar-refractivity contribution < 1.29 is 4.79 Å². The molecule has 0 aliphatic rings. The highest BCUT2D eigenvalue weighted by atomic mass is 16.1. The van der Waals surface area contributed by atoms with Gasteiger partial charge in [0, 0.05) is 23.7 Å². The highest BCUT2D eigenvalue weighted by Crippen LogP contribution is 2.10. The van der Waals surface area contributed by atoms with E-state index in [1.54, 1.807) is 12.4 Å². The van der Waals surface area contributed by atoms with Gasteiger partial charge in [0.25, 0.3) is 0 Å². The minimum absolute atomic E-state index is 0.0369. The van der Waals surface area contributed by atoms with Crippen LogP contribution in [0.15, 0.2) is 12.4 Å². The van der Waals surface area contributed by atoms with Crippen LogP contribution in [0.1, 0.15) is 50.8 Å². The average molecular weight is 230 g/mol. The molecule has 1 rings (SSSR count). The zero-order valence-corrected chi connectivity index (χ0v) is 11.0. The molecule has 0 bridgehead atoms. The fraction of sp³-hybridized carbons (Fsp3) is 0.500. The maximum atomic E-state index is 11.7. The SMILES string of the molecule is CC(C)C(=O)c1cnc(C#CC(C)(C)C)nc1. The van der Waals surface area contributed by atoms with Crippen molar-refractivity contribution in [3.63, 3.8) is 0 Å². The topological polar surface area (TPSA) is 42.9 Å². The van der Waals surface area contributed by atoms with E-state index in [2.05, 4.69) is 21.8 Å². The maximum Gasteiger partial charge on any atom is 0.204 e. The normalized spacial score (nSPS) is 10.9. The fourth-order valence-corrected chi connectivity index (χ4v) is 1.10.